The van der Waals surface area contributed by atoms with Gasteiger partial charge in [0.15, 0.2) is 0 Å². The van der Waals surface area contributed by atoms with Crippen molar-refractivity contribution in [2.24, 2.45) is 17.3 Å². The van der Waals surface area contributed by atoms with E-state index in [1.807, 2.05) is 35.2 Å². The van der Waals surface area contributed by atoms with E-state index in [1.165, 1.54) is 12.8 Å². The van der Waals surface area contributed by atoms with Crippen LogP contribution in [0.15, 0.2) is 30.3 Å². The highest BCUT2D eigenvalue weighted by Gasteiger charge is 2.49. The van der Waals surface area contributed by atoms with Gasteiger partial charge < -0.3 is 10.0 Å². The molecule has 1 aromatic carbocycles. The van der Waals surface area contributed by atoms with Crippen LogP contribution >= 0.6 is 0 Å². The fraction of sp³-hybridized carbons (Fsp3) is 0.611. The van der Waals surface area contributed by atoms with Crippen molar-refractivity contribution in [2.75, 3.05) is 6.54 Å². The minimum atomic E-state index is -0.515. The Morgan fingerprint density at radius 1 is 1.24 bits per heavy atom. The molecule has 1 aromatic rings. The molecule has 114 valence electrons. The number of aliphatic hydroxyl groups excluding tert-OH is 1. The maximum Gasteiger partial charge on any atom is 0.228 e. The molecule has 1 aliphatic carbocycles. The molecular formula is C18H25NO2. The van der Waals surface area contributed by atoms with E-state index in [0.29, 0.717) is 12.5 Å². The van der Waals surface area contributed by atoms with E-state index in [9.17, 15) is 9.90 Å². The summed E-state index contributed by atoms with van der Waals surface area (Å²) in [6.45, 7) is 5.65. The molecule has 1 saturated carbocycles. The summed E-state index contributed by atoms with van der Waals surface area (Å²) in [5.41, 5.74) is 1.02. The lowest BCUT2D eigenvalue weighted by molar-refractivity contribution is -0.137. The van der Waals surface area contributed by atoms with Crippen LogP contribution in [-0.2, 0) is 11.3 Å². The zero-order valence-electron chi connectivity index (χ0n) is 13.0. The lowest BCUT2D eigenvalue weighted by atomic mass is 9.75. The van der Waals surface area contributed by atoms with Gasteiger partial charge in [-0.05, 0) is 36.2 Å². The van der Waals surface area contributed by atoms with Crippen molar-refractivity contribution >= 4 is 5.91 Å². The van der Waals surface area contributed by atoms with Gasteiger partial charge in [0.1, 0.15) is 0 Å². The van der Waals surface area contributed by atoms with Crippen molar-refractivity contribution in [3.05, 3.63) is 35.9 Å². The first-order chi connectivity index (χ1) is 10.00. The predicted molar refractivity (Wildman–Crippen MR) is 82.5 cm³/mol. The summed E-state index contributed by atoms with van der Waals surface area (Å²) < 4.78 is 0. The molecule has 0 bridgehead atoms. The number of likely N-dealkylation sites (tertiary alicyclic amines) is 1. The number of hydrogen-bond donors (Lipinski definition) is 1. The van der Waals surface area contributed by atoms with E-state index in [2.05, 4.69) is 13.8 Å². The Morgan fingerprint density at radius 3 is 2.52 bits per heavy atom. The normalized spacial score (nSPS) is 24.4. The third-order valence-electron chi connectivity index (χ3n) is 5.33. The molecule has 3 nitrogen and oxygen atoms in total. The molecule has 0 aromatic heterocycles. The Kier molecular flexibility index (Phi) is 3.78. The highest BCUT2D eigenvalue weighted by molar-refractivity contribution is 5.81. The van der Waals surface area contributed by atoms with Gasteiger partial charge in [-0.15, -0.1) is 0 Å². The van der Waals surface area contributed by atoms with Gasteiger partial charge in [-0.1, -0.05) is 44.2 Å². The number of nitrogens with zero attached hydrogens (tertiary/aromatic N) is 1. The highest BCUT2D eigenvalue weighted by Crippen LogP contribution is 2.49. The molecule has 1 saturated heterocycles. The first kappa shape index (κ1) is 14.6. The lowest BCUT2D eigenvalue weighted by Crippen LogP contribution is -2.41. The third-order valence-corrected chi connectivity index (χ3v) is 5.33. The number of carbonyl (C=O) groups excluding carboxylic acids is 1. The maximum absolute atomic E-state index is 12.6. The fourth-order valence-electron chi connectivity index (χ4n) is 3.60. The van der Waals surface area contributed by atoms with Gasteiger partial charge in [0.25, 0.3) is 0 Å². The summed E-state index contributed by atoms with van der Waals surface area (Å²) in [4.78, 5) is 14.5. The summed E-state index contributed by atoms with van der Waals surface area (Å²) >= 11 is 0. The van der Waals surface area contributed by atoms with Crippen LogP contribution in [-0.4, -0.2) is 28.6 Å². The Hall–Kier alpha value is -1.35. The molecule has 0 radical (unpaired) electrons. The minimum absolute atomic E-state index is 0.125. The highest BCUT2D eigenvalue weighted by atomic mass is 16.3. The predicted octanol–water partition coefficient (Wildman–Crippen LogP) is 2.83. The summed E-state index contributed by atoms with van der Waals surface area (Å²) in [6.07, 6.45) is 2.65. The van der Waals surface area contributed by atoms with Gasteiger partial charge in [-0.2, -0.15) is 0 Å². The van der Waals surface area contributed by atoms with E-state index in [4.69, 9.17) is 0 Å². The van der Waals surface area contributed by atoms with Crippen LogP contribution in [0, 0.1) is 17.3 Å². The van der Waals surface area contributed by atoms with Crippen molar-refractivity contribution in [3.8, 4) is 0 Å². The lowest BCUT2D eigenvalue weighted by Gasteiger charge is -2.34. The van der Waals surface area contributed by atoms with Gasteiger partial charge in [-0.25, -0.2) is 0 Å². The number of aliphatic hydroxyl groups is 1. The number of hydrogen-bond acceptors (Lipinski definition) is 2. The average Bonchev–Trinajstić information content (AvgIpc) is 3.27. The van der Waals surface area contributed by atoms with Crippen LogP contribution in [0.3, 0.4) is 0 Å². The van der Waals surface area contributed by atoms with E-state index < -0.39 is 6.10 Å². The van der Waals surface area contributed by atoms with Crippen molar-refractivity contribution in [3.63, 3.8) is 0 Å². The monoisotopic (exact) mass is 287 g/mol. The average molecular weight is 287 g/mol. The summed E-state index contributed by atoms with van der Waals surface area (Å²) in [7, 11) is 0. The molecule has 21 heavy (non-hydrogen) atoms. The quantitative estimate of drug-likeness (QED) is 0.904. The van der Waals surface area contributed by atoms with Gasteiger partial charge in [0.2, 0.25) is 5.91 Å². The molecule has 3 rings (SSSR count). The topological polar surface area (TPSA) is 40.5 Å². The molecule has 0 spiro atoms. The smallest absolute Gasteiger partial charge is 0.228 e. The van der Waals surface area contributed by atoms with E-state index in [-0.39, 0.29) is 17.2 Å². The van der Waals surface area contributed by atoms with Gasteiger partial charge in [-0.3, -0.25) is 4.79 Å². The van der Waals surface area contributed by atoms with Crippen LogP contribution in [0.5, 0.6) is 0 Å². The van der Waals surface area contributed by atoms with Crippen LogP contribution in [0.25, 0.3) is 0 Å². The number of benzene rings is 1. The van der Waals surface area contributed by atoms with E-state index in [1.54, 1.807) is 0 Å². The number of rotatable bonds is 5. The summed E-state index contributed by atoms with van der Waals surface area (Å²) in [5, 5.41) is 10.7. The van der Waals surface area contributed by atoms with Gasteiger partial charge in [0.05, 0.1) is 12.0 Å². The SMILES string of the molecule is CC(C)(C1CC1)[C@H](O)[C@@H]1CCN(Cc2ccccc2)C1=O. The Bertz CT molecular complexity index is 507. The van der Waals surface area contributed by atoms with Crippen molar-refractivity contribution in [1.82, 2.24) is 4.90 Å². The van der Waals surface area contributed by atoms with E-state index >= 15 is 0 Å². The first-order valence-electron chi connectivity index (χ1n) is 8.01. The maximum atomic E-state index is 12.6. The van der Waals surface area contributed by atoms with Gasteiger partial charge >= 0.3 is 0 Å². The Balaban J connectivity index is 1.66. The van der Waals surface area contributed by atoms with Crippen molar-refractivity contribution in [1.29, 1.82) is 0 Å². The fourth-order valence-corrected chi connectivity index (χ4v) is 3.60. The molecular weight excluding hydrogens is 262 g/mol. The molecule has 3 heteroatoms. The first-order valence-corrected chi connectivity index (χ1v) is 8.01. The van der Waals surface area contributed by atoms with Crippen molar-refractivity contribution < 1.29 is 9.90 Å². The molecule has 1 N–H and O–H groups in total. The van der Waals surface area contributed by atoms with Crippen LogP contribution in [0.2, 0.25) is 0 Å². The third kappa shape index (κ3) is 2.84. The standard InChI is InChI=1S/C18H25NO2/c1-18(2,14-8-9-14)16(20)15-10-11-19(17(15)21)12-13-6-4-3-5-7-13/h3-7,14-16,20H,8-12H2,1-2H3/t15-,16+/m0/s1. The zero-order chi connectivity index (χ0) is 15.0. The molecule has 2 fully saturated rings. The van der Waals surface area contributed by atoms with Crippen LogP contribution < -0.4 is 0 Å². The second-order valence-electron chi connectivity index (χ2n) is 7.18. The summed E-state index contributed by atoms with van der Waals surface area (Å²) in [6, 6.07) is 10.1. The van der Waals surface area contributed by atoms with Crippen LogP contribution in [0.1, 0.15) is 38.7 Å². The molecule has 1 amide bonds. The second kappa shape index (κ2) is 5.45. The van der Waals surface area contributed by atoms with Gasteiger partial charge in [0, 0.05) is 13.1 Å². The molecule has 0 unspecified atom stereocenters. The van der Waals surface area contributed by atoms with Crippen LogP contribution in [0.4, 0.5) is 0 Å². The zero-order valence-corrected chi connectivity index (χ0v) is 13.0. The Morgan fingerprint density at radius 2 is 1.90 bits per heavy atom. The van der Waals surface area contributed by atoms with Crippen molar-refractivity contribution in [2.45, 2.75) is 45.8 Å². The minimum Gasteiger partial charge on any atom is -0.392 e. The summed E-state index contributed by atoms with van der Waals surface area (Å²) in [5.74, 6) is 0.493. The largest absolute Gasteiger partial charge is 0.392 e. The molecule has 2 atom stereocenters. The number of amides is 1. The molecule has 2 aliphatic rings. The number of carbonyl (C=O) groups is 1. The molecule has 1 aliphatic heterocycles. The second-order valence-corrected chi connectivity index (χ2v) is 7.18. The molecule has 1 heterocycles. The van der Waals surface area contributed by atoms with E-state index in [0.717, 1.165) is 18.5 Å². The Labute approximate surface area is 127 Å².